The van der Waals surface area contributed by atoms with Gasteiger partial charge in [0.25, 0.3) is 5.91 Å². The van der Waals surface area contributed by atoms with Crippen LogP contribution in [0, 0.1) is 6.92 Å². The normalized spacial score (nSPS) is 23.2. The van der Waals surface area contributed by atoms with Crippen molar-refractivity contribution in [2.24, 2.45) is 5.73 Å². The number of fused-ring (bicyclic) bond motifs is 1. The summed E-state index contributed by atoms with van der Waals surface area (Å²) in [5, 5.41) is 16.9. The fraction of sp³-hybridized carbons (Fsp3) is 0.407. The zero-order valence-corrected chi connectivity index (χ0v) is 26.6. The van der Waals surface area contributed by atoms with E-state index in [1.807, 2.05) is 31.2 Å². The number of aryl methyl sites for hydroxylation is 1. The number of amides is 2. The molecule has 2 amide bonds. The quantitative estimate of drug-likeness (QED) is 0.155. The molecule has 2 aromatic carbocycles. The van der Waals surface area contributed by atoms with E-state index in [1.54, 1.807) is 51.1 Å². The van der Waals surface area contributed by atoms with Crippen molar-refractivity contribution >= 4 is 35.3 Å². The second kappa shape index (κ2) is 12.9. The van der Waals surface area contributed by atoms with Crippen LogP contribution < -0.4 is 72.9 Å². The number of carbonyl (C=O) groups excluding carboxylic acids is 4. The molecule has 1 unspecified atom stereocenters. The average molecular weight is 581 g/mol. The van der Waals surface area contributed by atoms with Gasteiger partial charge in [0.15, 0.2) is 11.3 Å². The summed E-state index contributed by atoms with van der Waals surface area (Å²) < 4.78 is -0.803. The van der Waals surface area contributed by atoms with E-state index in [2.05, 4.69) is 10.6 Å². The minimum absolute atomic E-state index is 0. The minimum atomic E-state index is -2.08. The van der Waals surface area contributed by atoms with Crippen LogP contribution in [0.15, 0.2) is 54.6 Å². The second-order valence-corrected chi connectivity index (χ2v) is 11.9. The number of nitrogens with zero attached hydrogens (tertiary/aromatic N) is 1. The number of ketones is 1. The average Bonchev–Trinajstić information content (AvgIpc) is 3.13. The van der Waals surface area contributed by atoms with Gasteiger partial charge in [-0.1, -0.05) is 60.2 Å². The van der Waals surface area contributed by atoms with Gasteiger partial charge in [-0.15, -0.1) is 11.8 Å². The predicted molar refractivity (Wildman–Crippen MR) is 141 cm³/mol. The molecule has 2 heterocycles. The number of Topliss-reactive ketones (excluding diaryl/α,β-unsaturated/α-hetero) is 1. The third-order valence-electron chi connectivity index (χ3n) is 7.05. The number of aliphatic carboxylic acids is 1. The summed E-state index contributed by atoms with van der Waals surface area (Å²) in [5.41, 5.74) is 6.90. The molecule has 0 bridgehead atoms. The van der Waals surface area contributed by atoms with E-state index in [0.717, 1.165) is 11.1 Å². The Kier molecular flexibility index (Phi) is 11.1. The van der Waals surface area contributed by atoms with Crippen LogP contribution in [0.4, 0.5) is 0 Å². The maximum Gasteiger partial charge on any atom is 1.00 e. The van der Waals surface area contributed by atoms with Crippen LogP contribution in [0.25, 0.3) is 0 Å². The van der Waals surface area contributed by atoms with Crippen LogP contribution in [-0.2, 0) is 31.3 Å². The topological polar surface area (TPSA) is 176 Å². The number of carboxylic acid groups (broad SMARTS) is 1. The Morgan fingerprint density at radius 1 is 1.13 bits per heavy atom. The van der Waals surface area contributed by atoms with E-state index in [1.165, 1.54) is 16.7 Å². The molecule has 0 saturated carbocycles. The largest absolute Gasteiger partial charge is 1.00 e. The van der Waals surface area contributed by atoms with E-state index in [9.17, 15) is 24.3 Å². The van der Waals surface area contributed by atoms with Crippen LogP contribution in [0.1, 0.15) is 37.5 Å². The Bertz CT molecular complexity index is 1230. The van der Waals surface area contributed by atoms with Gasteiger partial charge < -0.3 is 36.6 Å². The molecular formula is C27H33KN4O6S. The molecule has 0 aromatic heterocycles. The molecule has 0 aliphatic carbocycles. The van der Waals surface area contributed by atoms with Crippen molar-refractivity contribution in [3.05, 3.63) is 71.3 Å². The third-order valence-corrected chi connectivity index (χ3v) is 8.62. The fourth-order valence-electron chi connectivity index (χ4n) is 4.88. The summed E-state index contributed by atoms with van der Waals surface area (Å²) in [7, 11) is 0. The molecule has 2 aromatic rings. The summed E-state index contributed by atoms with van der Waals surface area (Å²) >= 11 is 1.27. The standard InChI is InChI=1S/C27H32N4O5S.K.H2O/c1-15-10-12-17(13-11-15)14-29-16(2)21(32)27(28,18-8-6-5-7-9-18)25(36)30-19-22(33)31-20(24(34)35)26(3,4)37-23(19)31;;/h5-13,16,19-20,23,29H,14,28H2,1-4H3,(H,30,36)(H,34,35);;1H2/q;+1;/p-1/t16-,19-,20+,23-,27?;;/m1../s1. The van der Waals surface area contributed by atoms with E-state index in [0.29, 0.717) is 6.54 Å². The number of thioether (sulfide) groups is 1. The molecule has 6 N–H and O–H groups in total. The first kappa shape index (κ1) is 33.6. The Labute approximate surface area is 274 Å². The van der Waals surface area contributed by atoms with Crippen LogP contribution in [0.2, 0.25) is 0 Å². The Morgan fingerprint density at radius 3 is 2.28 bits per heavy atom. The van der Waals surface area contributed by atoms with Crippen LogP contribution in [0.5, 0.6) is 0 Å². The SMILES string of the molecule is Cc1ccc(CN[C@H](C)C(=O)C(N)(C(=O)N[C@@H]2C(=O)N3[C@@H]2SC(C)(C)[C@@H]3C(=O)[O-])c2ccccc2)cc1.O.[K+]. The minimum Gasteiger partial charge on any atom is -0.548 e. The zero-order chi connectivity index (χ0) is 27.1. The van der Waals surface area contributed by atoms with Crippen molar-refractivity contribution in [2.45, 2.75) is 68.0 Å². The number of hydrogen-bond acceptors (Lipinski definition) is 8. The van der Waals surface area contributed by atoms with Crippen molar-refractivity contribution < 1.29 is 81.1 Å². The summed E-state index contributed by atoms with van der Waals surface area (Å²) in [5.74, 6) is -3.27. The van der Waals surface area contributed by atoms with Crippen molar-refractivity contribution in [1.29, 1.82) is 0 Å². The fourth-order valence-corrected chi connectivity index (χ4v) is 6.50. The summed E-state index contributed by atoms with van der Waals surface area (Å²) in [4.78, 5) is 53.1. The second-order valence-electron chi connectivity index (χ2n) is 10.2. The van der Waals surface area contributed by atoms with Crippen molar-refractivity contribution in [2.75, 3.05) is 0 Å². The van der Waals surface area contributed by atoms with Gasteiger partial charge in [0.2, 0.25) is 5.91 Å². The monoisotopic (exact) mass is 580 g/mol. The van der Waals surface area contributed by atoms with Gasteiger partial charge in [-0.2, -0.15) is 0 Å². The van der Waals surface area contributed by atoms with Gasteiger partial charge in [0.1, 0.15) is 11.4 Å². The Hall–Kier alpha value is -1.61. The first-order valence-electron chi connectivity index (χ1n) is 12.1. The van der Waals surface area contributed by atoms with Gasteiger partial charge in [-0.05, 0) is 38.8 Å². The van der Waals surface area contributed by atoms with Gasteiger partial charge in [0.05, 0.1) is 18.1 Å². The number of benzene rings is 2. The molecule has 0 spiro atoms. The number of rotatable bonds is 9. The van der Waals surface area contributed by atoms with E-state index >= 15 is 0 Å². The molecule has 2 fully saturated rings. The molecule has 5 atom stereocenters. The van der Waals surface area contributed by atoms with Gasteiger partial charge in [-0.25, -0.2) is 0 Å². The van der Waals surface area contributed by atoms with Crippen LogP contribution in [-0.4, -0.2) is 62.2 Å². The molecule has 2 saturated heterocycles. The molecule has 12 heteroatoms. The molecular weight excluding hydrogens is 547 g/mol. The summed E-state index contributed by atoms with van der Waals surface area (Å²) in [6.45, 7) is 7.45. The van der Waals surface area contributed by atoms with Crippen molar-refractivity contribution in [1.82, 2.24) is 15.5 Å². The third kappa shape index (κ3) is 6.34. The van der Waals surface area contributed by atoms with Crippen molar-refractivity contribution in [3.63, 3.8) is 0 Å². The number of nitrogens with two attached hydrogens (primary N) is 1. The molecule has 204 valence electrons. The van der Waals surface area contributed by atoms with Gasteiger partial charge in [0, 0.05) is 11.3 Å². The van der Waals surface area contributed by atoms with E-state index in [-0.39, 0.29) is 62.4 Å². The zero-order valence-electron chi connectivity index (χ0n) is 22.7. The maximum atomic E-state index is 13.7. The van der Waals surface area contributed by atoms with Gasteiger partial charge >= 0.3 is 51.4 Å². The van der Waals surface area contributed by atoms with Crippen molar-refractivity contribution in [3.8, 4) is 0 Å². The molecule has 39 heavy (non-hydrogen) atoms. The maximum absolute atomic E-state index is 13.7. The summed E-state index contributed by atoms with van der Waals surface area (Å²) in [6.07, 6.45) is 0. The number of nitrogens with one attached hydrogen (secondary N) is 2. The van der Waals surface area contributed by atoms with Crippen LogP contribution in [0.3, 0.4) is 0 Å². The summed E-state index contributed by atoms with van der Waals surface area (Å²) in [6, 6.07) is 13.2. The van der Waals surface area contributed by atoms with Crippen LogP contribution >= 0.6 is 11.8 Å². The predicted octanol–water partition coefficient (Wildman–Crippen LogP) is -3.63. The molecule has 10 nitrogen and oxygen atoms in total. The first-order chi connectivity index (χ1) is 17.4. The van der Waals surface area contributed by atoms with E-state index < -0.39 is 57.4 Å². The molecule has 4 rings (SSSR count). The molecule has 2 aliphatic rings. The smallest absolute Gasteiger partial charge is 0.548 e. The van der Waals surface area contributed by atoms with E-state index in [4.69, 9.17) is 5.73 Å². The number of carboxylic acids is 1. The number of β-lactam (4-membered cyclic amide) rings is 1. The van der Waals surface area contributed by atoms with Gasteiger partial charge in [-0.3, -0.25) is 14.4 Å². The number of carbonyl (C=O) groups is 4. The molecule has 0 radical (unpaired) electrons. The Morgan fingerprint density at radius 2 is 1.72 bits per heavy atom. The molecule has 2 aliphatic heterocycles. The first-order valence-corrected chi connectivity index (χ1v) is 13.0. The Balaban J connectivity index is 0.00000267. The number of hydrogen-bond donors (Lipinski definition) is 3.